The number of halogens is 1. The van der Waals surface area contributed by atoms with Crippen LogP contribution in [0, 0.1) is 0 Å². The molecule has 0 aliphatic carbocycles. The van der Waals surface area contributed by atoms with Gasteiger partial charge in [-0.25, -0.2) is 9.97 Å². The molecule has 2 heterocycles. The second-order valence-electron chi connectivity index (χ2n) is 3.12. The molecule has 6 heteroatoms. The van der Waals surface area contributed by atoms with Crippen molar-refractivity contribution in [1.82, 2.24) is 9.97 Å². The maximum atomic E-state index is 4.98. The minimum absolute atomic E-state index is 0.662. The lowest BCUT2D eigenvalue weighted by Gasteiger charge is -2.08. The van der Waals surface area contributed by atoms with Crippen LogP contribution in [0.3, 0.4) is 0 Å². The highest BCUT2D eigenvalue weighted by Gasteiger charge is 2.06. The molecule has 2 N–H and O–H groups in total. The summed E-state index contributed by atoms with van der Waals surface area (Å²) in [6.45, 7) is 0.662. The first-order chi connectivity index (χ1) is 7.81. The van der Waals surface area contributed by atoms with Crippen molar-refractivity contribution in [1.29, 1.82) is 0 Å². The average Bonchev–Trinajstić information content (AvgIpc) is 2.81. The Morgan fingerprint density at radius 3 is 2.88 bits per heavy atom. The molecule has 0 radical (unpaired) electrons. The molecule has 0 aromatic carbocycles. The van der Waals surface area contributed by atoms with Gasteiger partial charge in [-0.1, -0.05) is 0 Å². The van der Waals surface area contributed by atoms with Gasteiger partial charge in [-0.3, -0.25) is 0 Å². The molecule has 2 aromatic heterocycles. The SMILES string of the molecule is CNc1ncnc(NCc2ccoc2)c1Br. The first-order valence-corrected chi connectivity index (χ1v) is 5.53. The smallest absolute Gasteiger partial charge is 0.146 e. The highest BCUT2D eigenvalue weighted by atomic mass is 79.9. The van der Waals surface area contributed by atoms with Crippen LogP contribution in [0.25, 0.3) is 0 Å². The molecular formula is C10H11BrN4O. The Bertz CT molecular complexity index is 458. The molecule has 2 rings (SSSR count). The van der Waals surface area contributed by atoms with Gasteiger partial charge in [0.15, 0.2) is 0 Å². The van der Waals surface area contributed by atoms with Crippen molar-refractivity contribution >= 4 is 27.6 Å². The third kappa shape index (κ3) is 2.33. The summed E-state index contributed by atoms with van der Waals surface area (Å²) in [5, 5.41) is 6.16. The first kappa shape index (κ1) is 10.9. The number of rotatable bonds is 4. The Balaban J connectivity index is 2.09. The van der Waals surface area contributed by atoms with Crippen molar-refractivity contribution in [2.24, 2.45) is 0 Å². The number of nitrogens with zero attached hydrogens (tertiary/aromatic N) is 2. The second-order valence-corrected chi connectivity index (χ2v) is 3.91. The molecule has 16 heavy (non-hydrogen) atoms. The zero-order chi connectivity index (χ0) is 11.4. The molecule has 0 atom stereocenters. The number of aromatic nitrogens is 2. The predicted molar refractivity (Wildman–Crippen MR) is 65.3 cm³/mol. The zero-order valence-electron chi connectivity index (χ0n) is 8.70. The normalized spacial score (nSPS) is 10.1. The fourth-order valence-corrected chi connectivity index (χ4v) is 1.79. The molecule has 0 aliphatic rings. The number of furan rings is 1. The topological polar surface area (TPSA) is 63.0 Å². The lowest BCUT2D eigenvalue weighted by atomic mass is 10.3. The van der Waals surface area contributed by atoms with Gasteiger partial charge in [-0.15, -0.1) is 0 Å². The van der Waals surface area contributed by atoms with E-state index in [-0.39, 0.29) is 0 Å². The van der Waals surface area contributed by atoms with Crippen molar-refractivity contribution in [2.75, 3.05) is 17.7 Å². The molecule has 2 aromatic rings. The fourth-order valence-electron chi connectivity index (χ4n) is 1.25. The summed E-state index contributed by atoms with van der Waals surface area (Å²) in [5.41, 5.74) is 1.07. The minimum atomic E-state index is 0.662. The van der Waals surface area contributed by atoms with Crippen molar-refractivity contribution in [3.05, 3.63) is 35.0 Å². The molecule has 0 fully saturated rings. The van der Waals surface area contributed by atoms with Gasteiger partial charge in [0.1, 0.15) is 22.4 Å². The van der Waals surface area contributed by atoms with Gasteiger partial charge in [0.2, 0.25) is 0 Å². The van der Waals surface area contributed by atoms with Gasteiger partial charge in [0.05, 0.1) is 12.5 Å². The first-order valence-electron chi connectivity index (χ1n) is 4.74. The summed E-state index contributed by atoms with van der Waals surface area (Å²) in [6.07, 6.45) is 4.85. The maximum absolute atomic E-state index is 4.98. The van der Waals surface area contributed by atoms with Crippen LogP contribution in [0.15, 0.2) is 33.8 Å². The van der Waals surface area contributed by atoms with Crippen LogP contribution in [-0.2, 0) is 6.54 Å². The van der Waals surface area contributed by atoms with Gasteiger partial charge in [0.25, 0.3) is 0 Å². The minimum Gasteiger partial charge on any atom is -0.472 e. The van der Waals surface area contributed by atoms with Crippen LogP contribution in [0.5, 0.6) is 0 Å². The van der Waals surface area contributed by atoms with E-state index in [1.54, 1.807) is 12.5 Å². The summed E-state index contributed by atoms with van der Waals surface area (Å²) < 4.78 is 5.80. The Kier molecular flexibility index (Phi) is 3.40. The molecule has 5 nitrogen and oxygen atoms in total. The third-order valence-corrected chi connectivity index (χ3v) is 2.82. The summed E-state index contributed by atoms with van der Waals surface area (Å²) in [4.78, 5) is 8.22. The van der Waals surface area contributed by atoms with Crippen LogP contribution in [0.2, 0.25) is 0 Å². The Labute approximate surface area is 101 Å². The Morgan fingerprint density at radius 2 is 2.19 bits per heavy atom. The van der Waals surface area contributed by atoms with E-state index in [4.69, 9.17) is 4.42 Å². The van der Waals surface area contributed by atoms with Crippen LogP contribution < -0.4 is 10.6 Å². The summed E-state index contributed by atoms with van der Waals surface area (Å²) in [7, 11) is 1.81. The number of nitrogens with one attached hydrogen (secondary N) is 2. The van der Waals surface area contributed by atoms with E-state index in [1.165, 1.54) is 6.33 Å². The number of hydrogen-bond acceptors (Lipinski definition) is 5. The van der Waals surface area contributed by atoms with Crippen LogP contribution in [-0.4, -0.2) is 17.0 Å². The highest BCUT2D eigenvalue weighted by Crippen LogP contribution is 2.26. The molecule has 0 spiro atoms. The van der Waals surface area contributed by atoms with Crippen molar-refractivity contribution in [3.63, 3.8) is 0 Å². The van der Waals surface area contributed by atoms with Crippen LogP contribution in [0.1, 0.15) is 5.56 Å². The molecule has 84 valence electrons. The molecule has 0 saturated heterocycles. The molecular weight excluding hydrogens is 272 g/mol. The maximum Gasteiger partial charge on any atom is 0.146 e. The molecule has 0 bridgehead atoms. The van der Waals surface area contributed by atoms with E-state index in [2.05, 4.69) is 36.5 Å². The largest absolute Gasteiger partial charge is 0.472 e. The van der Waals surface area contributed by atoms with E-state index in [9.17, 15) is 0 Å². The Hall–Kier alpha value is -1.56. The second kappa shape index (κ2) is 4.98. The summed E-state index contributed by atoms with van der Waals surface area (Å²) >= 11 is 3.43. The van der Waals surface area contributed by atoms with Crippen molar-refractivity contribution in [2.45, 2.75) is 6.54 Å². The van der Waals surface area contributed by atoms with Gasteiger partial charge in [0, 0.05) is 19.2 Å². The summed E-state index contributed by atoms with van der Waals surface area (Å²) in [6, 6.07) is 1.90. The van der Waals surface area contributed by atoms with Gasteiger partial charge in [-0.05, 0) is 22.0 Å². The standard InChI is InChI=1S/C10H11BrN4O/c1-12-9-8(11)10(15-6-14-9)13-4-7-2-3-16-5-7/h2-3,5-6H,4H2,1H3,(H2,12,13,14,15). The highest BCUT2D eigenvalue weighted by molar-refractivity contribution is 9.10. The third-order valence-electron chi connectivity index (χ3n) is 2.07. The lowest BCUT2D eigenvalue weighted by molar-refractivity contribution is 0.564. The fraction of sp³-hybridized carbons (Fsp3) is 0.200. The lowest BCUT2D eigenvalue weighted by Crippen LogP contribution is -2.04. The van der Waals surface area contributed by atoms with E-state index in [1.807, 2.05) is 13.1 Å². The zero-order valence-corrected chi connectivity index (χ0v) is 10.3. The van der Waals surface area contributed by atoms with E-state index in [0.29, 0.717) is 6.54 Å². The van der Waals surface area contributed by atoms with Crippen LogP contribution >= 0.6 is 15.9 Å². The van der Waals surface area contributed by atoms with Gasteiger partial charge >= 0.3 is 0 Å². The molecule has 0 saturated carbocycles. The van der Waals surface area contributed by atoms with Gasteiger partial charge < -0.3 is 15.1 Å². The molecule has 0 aliphatic heterocycles. The van der Waals surface area contributed by atoms with Gasteiger partial charge in [-0.2, -0.15) is 0 Å². The number of anilines is 2. The monoisotopic (exact) mass is 282 g/mol. The summed E-state index contributed by atoms with van der Waals surface area (Å²) in [5.74, 6) is 1.50. The Morgan fingerprint density at radius 1 is 1.38 bits per heavy atom. The van der Waals surface area contributed by atoms with Crippen LogP contribution in [0.4, 0.5) is 11.6 Å². The number of hydrogen-bond donors (Lipinski definition) is 2. The van der Waals surface area contributed by atoms with E-state index >= 15 is 0 Å². The molecule has 0 amide bonds. The van der Waals surface area contributed by atoms with E-state index in [0.717, 1.165) is 21.7 Å². The van der Waals surface area contributed by atoms with Crippen molar-refractivity contribution in [3.8, 4) is 0 Å². The predicted octanol–water partition coefficient (Wildman–Crippen LogP) is 2.49. The van der Waals surface area contributed by atoms with E-state index < -0.39 is 0 Å². The quantitative estimate of drug-likeness (QED) is 0.902. The van der Waals surface area contributed by atoms with Crippen molar-refractivity contribution < 1.29 is 4.42 Å². The average molecular weight is 283 g/mol. The molecule has 0 unspecified atom stereocenters.